The summed E-state index contributed by atoms with van der Waals surface area (Å²) in [6.07, 6.45) is 0. The maximum Gasteiger partial charge on any atom is 0.237 e. The van der Waals surface area contributed by atoms with Crippen molar-refractivity contribution in [3.8, 4) is 5.75 Å². The number of halogens is 2. The van der Waals surface area contributed by atoms with Crippen molar-refractivity contribution in [1.82, 2.24) is 15.0 Å². The Bertz CT molecular complexity index is 851. The highest BCUT2D eigenvalue weighted by Crippen LogP contribution is 2.44. The van der Waals surface area contributed by atoms with Crippen LogP contribution in [0.3, 0.4) is 0 Å². The monoisotopic (exact) mass is 395 g/mol. The van der Waals surface area contributed by atoms with Gasteiger partial charge in [0.15, 0.2) is 5.17 Å². The van der Waals surface area contributed by atoms with Gasteiger partial charge in [0.05, 0.1) is 18.3 Å². The minimum atomic E-state index is -0.476. The van der Waals surface area contributed by atoms with E-state index < -0.39 is 5.54 Å². The lowest BCUT2D eigenvalue weighted by molar-refractivity contribution is 0.415. The average Bonchev–Trinajstić information content (AvgIpc) is 2.75. The molecule has 0 aliphatic carbocycles. The molecule has 3 rings (SSSR count). The molecule has 0 atom stereocenters. The van der Waals surface area contributed by atoms with Gasteiger partial charge in [-0.1, -0.05) is 24.4 Å². The van der Waals surface area contributed by atoms with Gasteiger partial charge >= 0.3 is 0 Å². The van der Waals surface area contributed by atoms with Gasteiger partial charge in [0.1, 0.15) is 5.75 Å². The second-order valence-corrected chi connectivity index (χ2v) is 7.43. The molecule has 0 N–H and O–H groups in total. The number of benzene rings is 1. The van der Waals surface area contributed by atoms with Crippen LogP contribution in [0.15, 0.2) is 40.7 Å². The van der Waals surface area contributed by atoms with E-state index in [1.54, 1.807) is 7.11 Å². The molecule has 0 spiro atoms. The van der Waals surface area contributed by atoms with E-state index in [1.807, 2.05) is 43.0 Å². The maximum atomic E-state index is 5.95. The van der Waals surface area contributed by atoms with E-state index in [1.165, 1.54) is 11.8 Å². The van der Waals surface area contributed by atoms with E-state index >= 15 is 0 Å². The molecule has 2 aromatic rings. The van der Waals surface area contributed by atoms with Gasteiger partial charge in [0.25, 0.3) is 0 Å². The summed E-state index contributed by atoms with van der Waals surface area (Å²) < 4.78 is 5.25. The smallest absolute Gasteiger partial charge is 0.237 e. The summed E-state index contributed by atoms with van der Waals surface area (Å²) in [5, 5.41) is 0.713. The minimum Gasteiger partial charge on any atom is -0.497 e. The summed E-state index contributed by atoms with van der Waals surface area (Å²) in [5.74, 6) is 1.04. The number of hydrogen-bond acceptors (Lipinski definition) is 6. The van der Waals surface area contributed by atoms with Gasteiger partial charge in [-0.15, -0.1) is 0 Å². The van der Waals surface area contributed by atoms with Crippen LogP contribution in [0.4, 0.5) is 11.6 Å². The van der Waals surface area contributed by atoms with E-state index in [0.717, 1.165) is 16.3 Å². The van der Waals surface area contributed by atoms with Crippen molar-refractivity contribution in [3.05, 3.63) is 46.3 Å². The molecule has 130 valence electrons. The van der Waals surface area contributed by atoms with Gasteiger partial charge in [-0.25, -0.2) is 4.99 Å². The second kappa shape index (κ2) is 6.82. The van der Waals surface area contributed by atoms with Crippen LogP contribution >= 0.6 is 35.0 Å². The minimum absolute atomic E-state index is 0.0223. The Hall–Kier alpha value is -1.83. The Kier molecular flexibility index (Phi) is 4.90. The topological polar surface area (TPSA) is 63.5 Å². The SMILES string of the molecule is C=C1SC(=Nc2cccc(OC)c2)N(c2nc(Cl)nc(Cl)n2)C1(C)C. The number of hydrogen-bond donors (Lipinski definition) is 0. The van der Waals surface area contributed by atoms with E-state index in [9.17, 15) is 0 Å². The number of anilines is 1. The Morgan fingerprint density at radius 1 is 1.20 bits per heavy atom. The molecule has 1 aromatic carbocycles. The zero-order valence-electron chi connectivity index (χ0n) is 13.8. The number of aliphatic imine (C=N–C) groups is 1. The van der Waals surface area contributed by atoms with E-state index in [4.69, 9.17) is 32.9 Å². The molecule has 1 aliphatic rings. The van der Waals surface area contributed by atoms with Crippen LogP contribution in [0.2, 0.25) is 10.6 Å². The Morgan fingerprint density at radius 2 is 1.88 bits per heavy atom. The molecule has 0 amide bonds. The average molecular weight is 396 g/mol. The zero-order chi connectivity index (χ0) is 18.2. The molecule has 0 bridgehead atoms. The lowest BCUT2D eigenvalue weighted by atomic mass is 10.0. The van der Waals surface area contributed by atoms with Crippen LogP contribution in [0.25, 0.3) is 0 Å². The first-order valence-corrected chi connectivity index (χ1v) is 8.86. The van der Waals surface area contributed by atoms with Crippen molar-refractivity contribution in [2.24, 2.45) is 4.99 Å². The third-order valence-corrected chi connectivity index (χ3v) is 5.23. The van der Waals surface area contributed by atoms with Crippen molar-refractivity contribution in [2.45, 2.75) is 19.4 Å². The van der Waals surface area contributed by atoms with Crippen LogP contribution < -0.4 is 9.64 Å². The molecule has 1 saturated heterocycles. The van der Waals surface area contributed by atoms with Gasteiger partial charge in [-0.2, -0.15) is 15.0 Å². The van der Waals surface area contributed by atoms with Gasteiger partial charge in [-0.05, 0) is 49.2 Å². The predicted molar refractivity (Wildman–Crippen MR) is 103 cm³/mol. The molecule has 25 heavy (non-hydrogen) atoms. The number of amidine groups is 1. The molecule has 6 nitrogen and oxygen atoms in total. The summed E-state index contributed by atoms with van der Waals surface area (Å²) in [4.78, 5) is 19.7. The number of thioether (sulfide) groups is 1. The standard InChI is InChI=1S/C16H15Cl2N5OS/c1-9-16(2,3)23(14-21-12(17)20-13(18)22-14)15(25-9)19-10-6-5-7-11(8-10)24-4/h5-8H,1H2,2-4H3. The highest BCUT2D eigenvalue weighted by molar-refractivity contribution is 8.18. The number of aromatic nitrogens is 3. The lowest BCUT2D eigenvalue weighted by Crippen LogP contribution is -2.42. The summed E-state index contributed by atoms with van der Waals surface area (Å²) in [5.41, 5.74) is 0.264. The van der Waals surface area contributed by atoms with Crippen LogP contribution in [-0.2, 0) is 0 Å². The summed E-state index contributed by atoms with van der Waals surface area (Å²) in [7, 11) is 1.61. The van der Waals surface area contributed by atoms with E-state index in [-0.39, 0.29) is 10.6 Å². The first-order chi connectivity index (χ1) is 11.8. The van der Waals surface area contributed by atoms with Crippen LogP contribution in [0.1, 0.15) is 13.8 Å². The number of rotatable bonds is 3. The quantitative estimate of drug-likeness (QED) is 0.748. The fourth-order valence-electron chi connectivity index (χ4n) is 2.26. The van der Waals surface area contributed by atoms with Crippen molar-refractivity contribution >= 4 is 51.8 Å². The van der Waals surface area contributed by atoms with Crippen LogP contribution in [0, 0.1) is 0 Å². The predicted octanol–water partition coefficient (Wildman–Crippen LogP) is 4.72. The van der Waals surface area contributed by atoms with Gasteiger partial charge in [-0.3, -0.25) is 4.90 Å². The fourth-order valence-corrected chi connectivity index (χ4v) is 3.73. The first-order valence-electron chi connectivity index (χ1n) is 7.28. The second-order valence-electron chi connectivity index (χ2n) is 5.69. The first kappa shape index (κ1) is 18.0. The van der Waals surface area contributed by atoms with Crippen molar-refractivity contribution in [2.75, 3.05) is 12.0 Å². The Morgan fingerprint density at radius 3 is 2.52 bits per heavy atom. The normalized spacial score (nSPS) is 18.0. The third-order valence-electron chi connectivity index (χ3n) is 3.69. The van der Waals surface area contributed by atoms with Crippen molar-refractivity contribution < 1.29 is 4.74 Å². The van der Waals surface area contributed by atoms with E-state index in [0.29, 0.717) is 11.1 Å². The molecule has 1 aliphatic heterocycles. The van der Waals surface area contributed by atoms with Crippen molar-refractivity contribution in [1.29, 1.82) is 0 Å². The molecule has 1 fully saturated rings. The summed E-state index contributed by atoms with van der Waals surface area (Å²) in [6.45, 7) is 8.14. The lowest BCUT2D eigenvalue weighted by Gasteiger charge is -2.30. The molecule has 9 heteroatoms. The van der Waals surface area contributed by atoms with Crippen molar-refractivity contribution in [3.63, 3.8) is 0 Å². The highest BCUT2D eigenvalue weighted by atomic mass is 35.5. The number of methoxy groups -OCH3 is 1. The third kappa shape index (κ3) is 3.58. The Labute approximate surface area is 160 Å². The fraction of sp³-hybridized carbons (Fsp3) is 0.250. The molecule has 0 saturated carbocycles. The summed E-state index contributed by atoms with van der Waals surface area (Å²) in [6, 6.07) is 7.46. The van der Waals surface area contributed by atoms with E-state index in [2.05, 4.69) is 21.5 Å². The Balaban J connectivity index is 2.10. The maximum absolute atomic E-state index is 5.95. The zero-order valence-corrected chi connectivity index (χ0v) is 16.2. The summed E-state index contributed by atoms with van der Waals surface area (Å²) >= 11 is 13.3. The molecule has 0 unspecified atom stereocenters. The highest BCUT2D eigenvalue weighted by Gasteiger charge is 2.43. The van der Waals surface area contributed by atoms with Gasteiger partial charge < -0.3 is 4.74 Å². The molecule has 2 heterocycles. The largest absolute Gasteiger partial charge is 0.497 e. The van der Waals surface area contributed by atoms with Gasteiger partial charge in [0.2, 0.25) is 16.5 Å². The number of ether oxygens (including phenoxy) is 1. The molecular weight excluding hydrogens is 381 g/mol. The van der Waals surface area contributed by atoms with Crippen LogP contribution in [0.5, 0.6) is 5.75 Å². The molecule has 0 radical (unpaired) electrons. The number of nitrogens with zero attached hydrogens (tertiary/aromatic N) is 5. The molecule has 1 aromatic heterocycles. The van der Waals surface area contributed by atoms with Crippen LogP contribution in [-0.4, -0.2) is 32.8 Å². The molecular formula is C16H15Cl2N5OS. The van der Waals surface area contributed by atoms with Gasteiger partial charge in [0, 0.05) is 11.0 Å².